The van der Waals surface area contributed by atoms with Crippen molar-refractivity contribution < 1.29 is 17.9 Å². The summed E-state index contributed by atoms with van der Waals surface area (Å²) in [5.74, 6) is 0.783. The van der Waals surface area contributed by atoms with E-state index in [2.05, 4.69) is 17.0 Å². The average molecular weight is 432 g/mol. The van der Waals surface area contributed by atoms with Crippen molar-refractivity contribution in [2.24, 2.45) is 0 Å². The molecule has 2 aromatic carbocycles. The lowest BCUT2D eigenvalue weighted by molar-refractivity contribution is 0.0761. The van der Waals surface area contributed by atoms with Crippen molar-refractivity contribution in [1.82, 2.24) is 14.1 Å². The molecule has 8 heteroatoms. The van der Waals surface area contributed by atoms with Gasteiger partial charge >= 0.3 is 0 Å². The zero-order valence-corrected chi connectivity index (χ0v) is 18.6. The Hall–Kier alpha value is -2.42. The first-order valence-corrected chi connectivity index (χ1v) is 11.4. The van der Waals surface area contributed by atoms with Gasteiger partial charge < -0.3 is 9.64 Å². The number of ether oxygens (including phenoxy) is 1. The van der Waals surface area contributed by atoms with Gasteiger partial charge in [-0.1, -0.05) is 12.1 Å². The summed E-state index contributed by atoms with van der Waals surface area (Å²) in [6.07, 6.45) is 0.898. The second-order valence-corrected chi connectivity index (χ2v) is 9.73. The summed E-state index contributed by atoms with van der Waals surface area (Å²) in [5.41, 5.74) is 1.73. The predicted molar refractivity (Wildman–Crippen MR) is 116 cm³/mol. The third-order valence-electron chi connectivity index (χ3n) is 5.32. The molecule has 0 N–H and O–H groups in total. The molecular weight excluding hydrogens is 402 g/mol. The Kier molecular flexibility index (Phi) is 7.12. The van der Waals surface area contributed by atoms with E-state index in [4.69, 9.17) is 4.74 Å². The number of amides is 1. The Morgan fingerprint density at radius 1 is 0.967 bits per heavy atom. The fourth-order valence-electron chi connectivity index (χ4n) is 3.48. The zero-order valence-electron chi connectivity index (χ0n) is 17.7. The molecular formula is C22H29N3O4S. The van der Waals surface area contributed by atoms with E-state index in [1.165, 1.54) is 31.8 Å². The molecule has 30 heavy (non-hydrogen) atoms. The zero-order chi connectivity index (χ0) is 21.7. The molecule has 0 saturated carbocycles. The van der Waals surface area contributed by atoms with Crippen molar-refractivity contribution in [3.63, 3.8) is 0 Å². The fraction of sp³-hybridized carbons (Fsp3) is 0.409. The smallest absolute Gasteiger partial charge is 0.253 e. The van der Waals surface area contributed by atoms with Gasteiger partial charge in [-0.05, 0) is 48.4 Å². The predicted octanol–water partition coefficient (Wildman–Crippen LogP) is 2.29. The van der Waals surface area contributed by atoms with E-state index >= 15 is 0 Å². The van der Waals surface area contributed by atoms with Crippen LogP contribution in [0, 0.1) is 0 Å². The van der Waals surface area contributed by atoms with Gasteiger partial charge in [0.1, 0.15) is 5.75 Å². The van der Waals surface area contributed by atoms with Crippen molar-refractivity contribution in [1.29, 1.82) is 0 Å². The van der Waals surface area contributed by atoms with Gasteiger partial charge in [0.25, 0.3) is 5.91 Å². The molecule has 1 fully saturated rings. The Labute approximate surface area is 178 Å². The van der Waals surface area contributed by atoms with Crippen LogP contribution in [-0.4, -0.2) is 75.8 Å². The number of benzene rings is 2. The second kappa shape index (κ2) is 9.59. The Balaban J connectivity index is 1.61. The lowest BCUT2D eigenvalue weighted by atomic mass is 10.2. The van der Waals surface area contributed by atoms with E-state index < -0.39 is 10.0 Å². The van der Waals surface area contributed by atoms with Crippen molar-refractivity contribution in [2.45, 2.75) is 17.9 Å². The number of rotatable bonds is 6. The van der Waals surface area contributed by atoms with Gasteiger partial charge in [-0.15, -0.1) is 0 Å². The van der Waals surface area contributed by atoms with Crippen molar-refractivity contribution in [2.75, 3.05) is 47.4 Å². The molecule has 0 aromatic heterocycles. The number of hydrogen-bond donors (Lipinski definition) is 0. The molecule has 1 heterocycles. The number of carbonyl (C=O) groups excluding carboxylic acids is 1. The van der Waals surface area contributed by atoms with Crippen LogP contribution in [0.3, 0.4) is 0 Å². The molecule has 0 aliphatic carbocycles. The molecule has 2 aromatic rings. The summed E-state index contributed by atoms with van der Waals surface area (Å²) in [6.45, 7) is 3.90. The maximum absolute atomic E-state index is 12.9. The van der Waals surface area contributed by atoms with Crippen LogP contribution in [0.15, 0.2) is 53.4 Å². The molecule has 0 spiro atoms. The molecule has 162 valence electrons. The molecule has 0 atom stereocenters. The minimum absolute atomic E-state index is 0.0601. The van der Waals surface area contributed by atoms with Gasteiger partial charge in [0.2, 0.25) is 10.0 Å². The summed E-state index contributed by atoms with van der Waals surface area (Å²) in [6, 6.07) is 14.2. The van der Waals surface area contributed by atoms with Gasteiger partial charge in [0.15, 0.2) is 0 Å². The van der Waals surface area contributed by atoms with E-state index in [-0.39, 0.29) is 10.8 Å². The van der Waals surface area contributed by atoms with Crippen LogP contribution >= 0.6 is 0 Å². The minimum atomic E-state index is -3.50. The van der Waals surface area contributed by atoms with Crippen molar-refractivity contribution >= 4 is 15.9 Å². The van der Waals surface area contributed by atoms with Crippen LogP contribution in [0.1, 0.15) is 22.3 Å². The molecule has 0 bridgehead atoms. The van der Waals surface area contributed by atoms with Gasteiger partial charge in [-0.25, -0.2) is 12.7 Å². The molecule has 0 unspecified atom stereocenters. The Morgan fingerprint density at radius 3 is 2.23 bits per heavy atom. The highest BCUT2D eigenvalue weighted by atomic mass is 32.2. The van der Waals surface area contributed by atoms with Crippen LogP contribution in [0.5, 0.6) is 5.75 Å². The molecule has 0 radical (unpaired) electrons. The van der Waals surface area contributed by atoms with Crippen LogP contribution < -0.4 is 4.74 Å². The number of sulfonamides is 1. The summed E-state index contributed by atoms with van der Waals surface area (Å²) in [5, 5.41) is 0. The van der Waals surface area contributed by atoms with E-state index in [0.29, 0.717) is 18.7 Å². The molecule has 1 aliphatic rings. The highest BCUT2D eigenvalue weighted by Gasteiger charge is 2.22. The third-order valence-corrected chi connectivity index (χ3v) is 7.15. The highest BCUT2D eigenvalue weighted by molar-refractivity contribution is 7.89. The molecule has 1 saturated heterocycles. The maximum atomic E-state index is 12.9. The first-order valence-electron chi connectivity index (χ1n) is 9.98. The first kappa shape index (κ1) is 22.3. The second-order valence-electron chi connectivity index (χ2n) is 7.58. The quantitative estimate of drug-likeness (QED) is 0.702. The van der Waals surface area contributed by atoms with Crippen molar-refractivity contribution in [3.8, 4) is 5.75 Å². The van der Waals surface area contributed by atoms with Gasteiger partial charge in [0, 0.05) is 52.4 Å². The molecule has 1 amide bonds. The van der Waals surface area contributed by atoms with Crippen LogP contribution in [0.25, 0.3) is 0 Å². The third kappa shape index (κ3) is 5.19. The Morgan fingerprint density at radius 2 is 1.63 bits per heavy atom. The Bertz CT molecular complexity index is 957. The largest absolute Gasteiger partial charge is 0.497 e. The summed E-state index contributed by atoms with van der Waals surface area (Å²) >= 11 is 0. The van der Waals surface area contributed by atoms with Gasteiger partial charge in [0.05, 0.1) is 12.0 Å². The van der Waals surface area contributed by atoms with Crippen molar-refractivity contribution in [3.05, 3.63) is 59.7 Å². The van der Waals surface area contributed by atoms with Gasteiger partial charge in [-0.3, -0.25) is 9.69 Å². The maximum Gasteiger partial charge on any atom is 0.253 e. The highest BCUT2D eigenvalue weighted by Crippen LogP contribution is 2.17. The normalized spacial score (nSPS) is 15.8. The fourth-order valence-corrected chi connectivity index (χ4v) is 4.39. The number of hydrogen-bond acceptors (Lipinski definition) is 5. The lowest BCUT2D eigenvalue weighted by Crippen LogP contribution is -2.35. The minimum Gasteiger partial charge on any atom is -0.497 e. The monoisotopic (exact) mass is 431 g/mol. The van der Waals surface area contributed by atoms with Crippen LogP contribution in [0.4, 0.5) is 0 Å². The number of methoxy groups -OCH3 is 1. The molecule has 1 aliphatic heterocycles. The molecule has 7 nitrogen and oxygen atoms in total. The average Bonchev–Trinajstić information content (AvgIpc) is 2.99. The standard InChI is InChI=1S/C22H29N3O4S/c1-23(2)30(27,28)21-11-7-19(8-12-21)22(26)25-14-4-13-24(15-16-25)17-18-5-9-20(29-3)10-6-18/h5-12H,4,13-17H2,1-3H3. The lowest BCUT2D eigenvalue weighted by Gasteiger charge is -2.22. The first-order chi connectivity index (χ1) is 14.3. The summed E-state index contributed by atoms with van der Waals surface area (Å²) < 4.78 is 30.8. The van der Waals surface area contributed by atoms with Gasteiger partial charge in [-0.2, -0.15) is 0 Å². The van der Waals surface area contributed by atoms with E-state index in [0.717, 1.165) is 36.1 Å². The van der Waals surface area contributed by atoms with E-state index in [1.807, 2.05) is 17.0 Å². The molecule has 3 rings (SSSR count). The summed E-state index contributed by atoms with van der Waals surface area (Å²) in [7, 11) is 1.14. The topological polar surface area (TPSA) is 70.2 Å². The number of carbonyl (C=O) groups is 1. The van der Waals surface area contributed by atoms with Crippen LogP contribution in [0.2, 0.25) is 0 Å². The summed E-state index contributed by atoms with van der Waals surface area (Å²) in [4.78, 5) is 17.3. The van der Waals surface area contributed by atoms with E-state index in [9.17, 15) is 13.2 Å². The SMILES string of the molecule is COc1ccc(CN2CCCN(C(=O)c3ccc(S(=O)(=O)N(C)C)cc3)CC2)cc1. The van der Waals surface area contributed by atoms with Crippen LogP contribution in [-0.2, 0) is 16.6 Å². The van der Waals surface area contributed by atoms with E-state index in [1.54, 1.807) is 19.2 Å². The number of nitrogens with zero attached hydrogens (tertiary/aromatic N) is 3.